The second-order valence-electron chi connectivity index (χ2n) is 4.24. The maximum absolute atomic E-state index is 10.4. The predicted octanol–water partition coefficient (Wildman–Crippen LogP) is -1.25. The van der Waals surface area contributed by atoms with Crippen LogP contribution in [0.25, 0.3) is 0 Å². The Bertz CT molecular complexity index is 487. The van der Waals surface area contributed by atoms with E-state index >= 15 is 0 Å². The molecule has 0 bridgehead atoms. The van der Waals surface area contributed by atoms with Crippen LogP contribution in [0.4, 0.5) is 0 Å². The Balaban J connectivity index is 0.00000324. The number of phenols is 2. The molecule has 102 valence electrons. The van der Waals surface area contributed by atoms with Gasteiger partial charge >= 0.3 is 29.6 Å². The van der Waals surface area contributed by atoms with Crippen LogP contribution in [0.15, 0.2) is 18.2 Å². The van der Waals surface area contributed by atoms with E-state index in [-0.39, 0.29) is 46.8 Å². The van der Waals surface area contributed by atoms with Crippen molar-refractivity contribution in [3.63, 3.8) is 0 Å². The first-order valence-corrected chi connectivity index (χ1v) is 7.40. The van der Waals surface area contributed by atoms with Crippen molar-refractivity contribution in [3.8, 4) is 11.5 Å². The minimum absolute atomic E-state index is 0. The van der Waals surface area contributed by atoms with Gasteiger partial charge in [-0.3, -0.25) is 0 Å². The summed E-state index contributed by atoms with van der Waals surface area (Å²) >= 11 is 0. The zero-order chi connectivity index (χ0) is 13.6. The van der Waals surface area contributed by atoms with Gasteiger partial charge in [-0.15, -0.1) is 0 Å². The fourth-order valence-corrected chi connectivity index (χ4v) is 2.28. The number of aryl methyl sites for hydroxylation is 1. The summed E-state index contributed by atoms with van der Waals surface area (Å²) in [6.07, 6.45) is 3.21. The molecule has 7 heteroatoms. The number of hydrogen-bond donors (Lipinski definition) is 2. The zero-order valence-corrected chi connectivity index (χ0v) is 13.8. The van der Waals surface area contributed by atoms with E-state index in [0.29, 0.717) is 24.8 Å². The molecule has 1 rings (SSSR count). The van der Waals surface area contributed by atoms with Crippen molar-refractivity contribution in [2.75, 3.05) is 5.75 Å². The Morgan fingerprint density at radius 1 is 1.05 bits per heavy atom. The van der Waals surface area contributed by atoms with Crippen LogP contribution in [-0.2, 0) is 16.5 Å². The van der Waals surface area contributed by atoms with Gasteiger partial charge in [-0.1, -0.05) is 12.8 Å². The van der Waals surface area contributed by atoms with Gasteiger partial charge in [-0.2, -0.15) is 0 Å². The Kier molecular flexibility index (Phi) is 8.69. The van der Waals surface area contributed by atoms with E-state index in [1.54, 1.807) is 0 Å². The molecular weight excluding hydrogens is 279 g/mol. The Morgan fingerprint density at radius 3 is 2.32 bits per heavy atom. The molecule has 0 spiro atoms. The molecule has 0 aliphatic carbocycles. The van der Waals surface area contributed by atoms with Gasteiger partial charge in [0.2, 0.25) is 0 Å². The summed E-state index contributed by atoms with van der Waals surface area (Å²) in [4.78, 5) is 0. The summed E-state index contributed by atoms with van der Waals surface area (Å²) in [5.74, 6) is -0.0557. The number of rotatable bonds is 7. The van der Waals surface area contributed by atoms with Crippen LogP contribution in [0.2, 0.25) is 0 Å². The third-order valence-electron chi connectivity index (χ3n) is 2.65. The molecule has 0 saturated heterocycles. The summed E-state index contributed by atoms with van der Waals surface area (Å²) in [7, 11) is -4.10. The second kappa shape index (κ2) is 8.81. The van der Waals surface area contributed by atoms with Crippen molar-refractivity contribution < 1.29 is 52.7 Å². The van der Waals surface area contributed by atoms with Gasteiger partial charge in [-0.05, 0) is 43.0 Å². The van der Waals surface area contributed by atoms with Crippen LogP contribution < -0.4 is 29.6 Å². The number of phenolic OH excluding ortho intramolecular Hbond substituents is 2. The molecule has 0 fully saturated rings. The van der Waals surface area contributed by atoms with E-state index in [1.807, 2.05) is 0 Å². The van der Waals surface area contributed by atoms with Gasteiger partial charge in [0.05, 0.1) is 10.1 Å². The first-order valence-electron chi connectivity index (χ1n) is 5.83. The van der Waals surface area contributed by atoms with E-state index in [1.165, 1.54) is 18.2 Å². The Labute approximate surface area is 135 Å². The first-order chi connectivity index (χ1) is 8.38. The average Bonchev–Trinajstić information content (AvgIpc) is 2.26. The third kappa shape index (κ3) is 8.49. The van der Waals surface area contributed by atoms with Crippen molar-refractivity contribution in [2.24, 2.45) is 0 Å². The first kappa shape index (κ1) is 18.7. The van der Waals surface area contributed by atoms with Crippen LogP contribution in [-0.4, -0.2) is 28.9 Å². The maximum Gasteiger partial charge on any atom is 1.00 e. The molecule has 0 amide bonds. The van der Waals surface area contributed by atoms with E-state index < -0.39 is 10.1 Å². The number of benzene rings is 1. The molecule has 0 aromatic heterocycles. The molecule has 0 aliphatic heterocycles. The van der Waals surface area contributed by atoms with Crippen LogP contribution in [0, 0.1) is 0 Å². The van der Waals surface area contributed by atoms with Crippen molar-refractivity contribution in [1.29, 1.82) is 0 Å². The molecule has 2 N–H and O–H groups in total. The fraction of sp³-hybridized carbons (Fsp3) is 0.500. The monoisotopic (exact) mass is 296 g/mol. The molecule has 0 atom stereocenters. The van der Waals surface area contributed by atoms with Gasteiger partial charge in [0.1, 0.15) is 11.5 Å². The maximum atomic E-state index is 10.4. The van der Waals surface area contributed by atoms with Gasteiger partial charge in [-0.25, -0.2) is 8.42 Å². The molecule has 5 nitrogen and oxygen atoms in total. The summed E-state index contributed by atoms with van der Waals surface area (Å²) in [6.45, 7) is 0. The van der Waals surface area contributed by atoms with Crippen LogP contribution >= 0.6 is 0 Å². The summed E-state index contributed by atoms with van der Waals surface area (Å²) in [5.41, 5.74) is 0.673. The van der Waals surface area contributed by atoms with E-state index in [2.05, 4.69) is 0 Å². The van der Waals surface area contributed by atoms with E-state index in [4.69, 9.17) is 0 Å². The minimum atomic E-state index is -4.10. The molecule has 19 heavy (non-hydrogen) atoms. The zero-order valence-electron chi connectivity index (χ0n) is 11.0. The second-order valence-corrected chi connectivity index (χ2v) is 5.76. The largest absolute Gasteiger partial charge is 1.00 e. The molecule has 0 unspecified atom stereocenters. The number of hydrogen-bond acceptors (Lipinski definition) is 5. The topological polar surface area (TPSA) is 97.7 Å². The third-order valence-corrected chi connectivity index (χ3v) is 3.44. The van der Waals surface area contributed by atoms with Gasteiger partial charge < -0.3 is 14.8 Å². The average molecular weight is 296 g/mol. The molecule has 0 radical (unpaired) electrons. The van der Waals surface area contributed by atoms with Gasteiger partial charge in [0, 0.05) is 5.75 Å². The molecule has 1 aromatic rings. The molecular formula is C12H17NaO5S. The van der Waals surface area contributed by atoms with Crippen molar-refractivity contribution in [3.05, 3.63) is 23.8 Å². The van der Waals surface area contributed by atoms with Crippen LogP contribution in [0.5, 0.6) is 11.5 Å². The SMILES string of the molecule is O=S(=O)([O-])CCCCCCc1cc(O)ccc1O.[Na+]. The fourth-order valence-electron chi connectivity index (χ4n) is 1.72. The van der Waals surface area contributed by atoms with Crippen molar-refractivity contribution in [2.45, 2.75) is 32.1 Å². The summed E-state index contributed by atoms with van der Waals surface area (Å²) in [5, 5.41) is 18.8. The molecule has 1 aromatic carbocycles. The molecule has 0 heterocycles. The quantitative estimate of drug-likeness (QED) is 0.283. The molecule has 0 saturated carbocycles. The smallest absolute Gasteiger partial charge is 0.748 e. The number of unbranched alkanes of at least 4 members (excludes halogenated alkanes) is 3. The normalized spacial score (nSPS) is 11.0. The van der Waals surface area contributed by atoms with Gasteiger partial charge in [0.15, 0.2) is 0 Å². The standard InChI is InChI=1S/C12H18O5S.Na/c13-11-6-7-12(14)10(9-11)5-3-1-2-4-8-18(15,16)17;/h6-7,9,13-14H,1-5,8H2,(H,15,16,17);/q;+1/p-1. The van der Waals surface area contributed by atoms with E-state index in [9.17, 15) is 23.2 Å². The Morgan fingerprint density at radius 2 is 1.68 bits per heavy atom. The molecule has 0 aliphatic rings. The Hall–Kier alpha value is -0.270. The minimum Gasteiger partial charge on any atom is -0.748 e. The van der Waals surface area contributed by atoms with Crippen LogP contribution in [0.1, 0.15) is 31.2 Å². The number of aromatic hydroxyl groups is 2. The van der Waals surface area contributed by atoms with Crippen molar-refractivity contribution in [1.82, 2.24) is 0 Å². The van der Waals surface area contributed by atoms with Crippen molar-refractivity contribution >= 4 is 10.1 Å². The summed E-state index contributed by atoms with van der Waals surface area (Å²) < 4.78 is 31.1. The van der Waals surface area contributed by atoms with E-state index in [0.717, 1.165) is 12.8 Å². The predicted molar refractivity (Wildman–Crippen MR) is 66.5 cm³/mol. The van der Waals surface area contributed by atoms with Gasteiger partial charge in [0.25, 0.3) is 0 Å². The summed E-state index contributed by atoms with van der Waals surface area (Å²) in [6, 6.07) is 4.37. The van der Waals surface area contributed by atoms with Crippen LogP contribution in [0.3, 0.4) is 0 Å².